The van der Waals surface area contributed by atoms with Crippen LogP contribution in [0, 0.1) is 11.8 Å². The number of esters is 1. The summed E-state index contributed by atoms with van der Waals surface area (Å²) in [6, 6.07) is 13.1. The molecule has 0 radical (unpaired) electrons. The molecule has 284 valence electrons. The quantitative estimate of drug-likeness (QED) is 0.189. The number of para-hydroxylation sites is 1. The number of rotatable bonds is 13. The Balaban J connectivity index is 2.03. The largest absolute Gasteiger partial charge is 0.444 e. The van der Waals surface area contributed by atoms with Crippen molar-refractivity contribution in [3.05, 3.63) is 65.7 Å². The predicted molar refractivity (Wildman–Crippen MR) is 174 cm³/mol. The van der Waals surface area contributed by atoms with Crippen LogP contribution in [0.2, 0.25) is 0 Å². The van der Waals surface area contributed by atoms with Gasteiger partial charge in [-0.3, -0.25) is 19.3 Å². The molecular formula is C34H39F6N5O7. The molecule has 1 heterocycles. The van der Waals surface area contributed by atoms with Crippen molar-refractivity contribution in [2.75, 3.05) is 11.6 Å². The maximum Gasteiger partial charge on any atom is 0.408 e. The highest BCUT2D eigenvalue weighted by Gasteiger charge is 2.41. The smallest absolute Gasteiger partial charge is 0.408 e. The Morgan fingerprint density at radius 3 is 2.00 bits per heavy atom. The highest BCUT2D eigenvalue weighted by molar-refractivity contribution is 6.20. The number of benzodiazepines with no additional fused rings is 1. The van der Waals surface area contributed by atoms with Gasteiger partial charge in [0.15, 0.2) is 6.73 Å². The predicted octanol–water partition coefficient (Wildman–Crippen LogP) is 5.13. The molecule has 2 unspecified atom stereocenters. The SMILES string of the molecule is CC(NC(=O)OC(C)(C)C)C(=O)OCN1C(=O)C(NC(=O)[C@H](CCC(F)(F)F)[C@H](CCC(F)(F)F)C(N)=O)N=C(c2ccccc2)c2ccccc21. The number of benzene rings is 2. The van der Waals surface area contributed by atoms with Gasteiger partial charge < -0.3 is 25.8 Å². The van der Waals surface area contributed by atoms with Gasteiger partial charge in [0, 0.05) is 35.8 Å². The molecule has 1 aliphatic heterocycles. The van der Waals surface area contributed by atoms with E-state index in [1.807, 2.05) is 0 Å². The van der Waals surface area contributed by atoms with Crippen LogP contribution in [0.5, 0.6) is 0 Å². The molecule has 1 aliphatic rings. The fourth-order valence-corrected chi connectivity index (χ4v) is 5.22. The molecule has 0 spiro atoms. The van der Waals surface area contributed by atoms with Gasteiger partial charge in [0.05, 0.1) is 11.4 Å². The lowest BCUT2D eigenvalue weighted by Crippen LogP contribution is -2.52. The molecule has 0 fully saturated rings. The number of primary amides is 1. The molecule has 4 atom stereocenters. The van der Waals surface area contributed by atoms with Crippen LogP contribution >= 0.6 is 0 Å². The van der Waals surface area contributed by atoms with E-state index in [4.69, 9.17) is 15.2 Å². The van der Waals surface area contributed by atoms with Gasteiger partial charge in [-0.05, 0) is 46.6 Å². The average Bonchev–Trinajstić information content (AvgIpc) is 3.13. The normalized spacial score (nSPS) is 16.7. The highest BCUT2D eigenvalue weighted by Crippen LogP contribution is 2.33. The summed E-state index contributed by atoms with van der Waals surface area (Å²) in [4.78, 5) is 70.6. The molecule has 12 nitrogen and oxygen atoms in total. The van der Waals surface area contributed by atoms with E-state index in [1.54, 1.807) is 69.3 Å². The van der Waals surface area contributed by atoms with E-state index in [9.17, 15) is 50.3 Å². The second-order valence-corrected chi connectivity index (χ2v) is 12.9. The van der Waals surface area contributed by atoms with Crippen molar-refractivity contribution >= 4 is 41.2 Å². The molecule has 52 heavy (non-hydrogen) atoms. The number of halogens is 6. The Hall–Kier alpha value is -5.16. The van der Waals surface area contributed by atoms with Crippen molar-refractivity contribution in [2.45, 2.75) is 83.5 Å². The highest BCUT2D eigenvalue weighted by atomic mass is 19.4. The number of hydrogen-bond donors (Lipinski definition) is 3. The van der Waals surface area contributed by atoms with Crippen molar-refractivity contribution in [3.63, 3.8) is 0 Å². The minimum Gasteiger partial charge on any atom is -0.444 e. The van der Waals surface area contributed by atoms with Gasteiger partial charge in [-0.25, -0.2) is 14.6 Å². The number of anilines is 1. The van der Waals surface area contributed by atoms with Crippen LogP contribution < -0.4 is 21.3 Å². The Kier molecular flexibility index (Phi) is 13.4. The molecular weight excluding hydrogens is 704 g/mol. The molecule has 0 aliphatic carbocycles. The number of nitrogens with two attached hydrogens (primary N) is 1. The molecule has 2 aromatic carbocycles. The molecule has 0 saturated heterocycles. The number of alkyl halides is 6. The van der Waals surface area contributed by atoms with Crippen molar-refractivity contribution in [3.8, 4) is 0 Å². The minimum absolute atomic E-state index is 0.110. The van der Waals surface area contributed by atoms with Crippen LogP contribution in [0.3, 0.4) is 0 Å². The monoisotopic (exact) mass is 743 g/mol. The van der Waals surface area contributed by atoms with Gasteiger partial charge in [0.1, 0.15) is 11.6 Å². The summed E-state index contributed by atoms with van der Waals surface area (Å²) in [6.07, 6.45) is -18.0. The fourth-order valence-electron chi connectivity index (χ4n) is 5.22. The van der Waals surface area contributed by atoms with E-state index in [0.29, 0.717) is 11.1 Å². The van der Waals surface area contributed by atoms with E-state index in [0.717, 1.165) is 4.90 Å². The third-order valence-electron chi connectivity index (χ3n) is 7.62. The lowest BCUT2D eigenvalue weighted by atomic mass is 9.83. The van der Waals surface area contributed by atoms with Gasteiger partial charge in [0.25, 0.3) is 5.91 Å². The molecule has 0 aromatic heterocycles. The molecule has 4 N–H and O–H groups in total. The van der Waals surface area contributed by atoms with Crippen LogP contribution in [-0.4, -0.2) is 72.4 Å². The first-order chi connectivity index (χ1) is 24.1. The molecule has 0 saturated carbocycles. The zero-order valence-corrected chi connectivity index (χ0v) is 28.6. The molecule has 0 bridgehead atoms. The molecule has 4 amide bonds. The molecule has 3 rings (SSSR count). The van der Waals surface area contributed by atoms with Gasteiger partial charge in [-0.15, -0.1) is 0 Å². The average molecular weight is 744 g/mol. The summed E-state index contributed by atoms with van der Waals surface area (Å²) in [5.74, 6) is -8.93. The number of carbonyl (C=O) groups is 5. The van der Waals surface area contributed by atoms with Gasteiger partial charge in [-0.1, -0.05) is 48.5 Å². The van der Waals surface area contributed by atoms with Crippen LogP contribution in [0.25, 0.3) is 0 Å². The number of amides is 4. The molecule has 2 aromatic rings. The first-order valence-corrected chi connectivity index (χ1v) is 16.0. The number of carbonyl (C=O) groups excluding carboxylic acids is 5. The van der Waals surface area contributed by atoms with E-state index in [1.165, 1.54) is 13.0 Å². The Bertz CT molecular complexity index is 1640. The third-order valence-corrected chi connectivity index (χ3v) is 7.62. The second kappa shape index (κ2) is 16.9. The lowest BCUT2D eigenvalue weighted by Gasteiger charge is -2.28. The van der Waals surface area contributed by atoms with E-state index >= 15 is 0 Å². The molecule has 18 heteroatoms. The zero-order chi connectivity index (χ0) is 39.0. The zero-order valence-electron chi connectivity index (χ0n) is 28.6. The number of hydrogen-bond acceptors (Lipinski definition) is 8. The summed E-state index contributed by atoms with van der Waals surface area (Å²) in [5, 5.41) is 4.51. The van der Waals surface area contributed by atoms with E-state index < -0.39 is 104 Å². The number of fused-ring (bicyclic) bond motifs is 1. The summed E-state index contributed by atoms with van der Waals surface area (Å²) >= 11 is 0. The van der Waals surface area contributed by atoms with Gasteiger partial charge >= 0.3 is 24.4 Å². The van der Waals surface area contributed by atoms with Crippen molar-refractivity contribution in [1.29, 1.82) is 0 Å². The number of alkyl carbamates (subject to hydrolysis) is 1. The standard InChI is InChI=1S/C34H39F6N5O7/c1-19(42-31(50)52-32(2,3)4)30(49)51-18-45-24-13-9-8-12-23(24)25(20-10-6-5-7-11-20)43-27(29(45)48)44-28(47)22(15-17-34(38,39)40)21(26(41)46)14-16-33(35,36)37/h5-13,19,21-22,27H,14-18H2,1-4H3,(H2,41,46)(H,42,50)(H,44,47)/t19?,21-,22+,27?/m0/s1. The lowest BCUT2D eigenvalue weighted by molar-refractivity contribution is -0.152. The topological polar surface area (TPSA) is 169 Å². The summed E-state index contributed by atoms with van der Waals surface area (Å²) in [5.41, 5.74) is 5.38. The van der Waals surface area contributed by atoms with Crippen LogP contribution in [0.1, 0.15) is 64.5 Å². The maximum absolute atomic E-state index is 14.1. The first kappa shape index (κ1) is 41.3. The van der Waals surface area contributed by atoms with E-state index in [-0.39, 0.29) is 11.4 Å². The number of ether oxygens (including phenoxy) is 2. The van der Waals surface area contributed by atoms with Crippen molar-refractivity contribution in [1.82, 2.24) is 10.6 Å². The van der Waals surface area contributed by atoms with Crippen LogP contribution in [-0.2, 0) is 28.7 Å². The Morgan fingerprint density at radius 2 is 1.44 bits per heavy atom. The Morgan fingerprint density at radius 1 is 0.885 bits per heavy atom. The van der Waals surface area contributed by atoms with Crippen LogP contribution in [0.15, 0.2) is 59.6 Å². The third kappa shape index (κ3) is 12.3. The summed E-state index contributed by atoms with van der Waals surface area (Å²) in [6.45, 7) is 5.29. The Labute approximate surface area is 295 Å². The number of nitrogens with one attached hydrogen (secondary N) is 2. The minimum atomic E-state index is -4.86. The van der Waals surface area contributed by atoms with Crippen molar-refractivity contribution < 1.29 is 59.8 Å². The first-order valence-electron chi connectivity index (χ1n) is 16.0. The summed E-state index contributed by atoms with van der Waals surface area (Å²) in [7, 11) is 0. The number of nitrogens with zero attached hydrogens (tertiary/aromatic N) is 2. The summed E-state index contributed by atoms with van der Waals surface area (Å²) < 4.78 is 89.7. The van der Waals surface area contributed by atoms with Gasteiger partial charge in [0.2, 0.25) is 18.0 Å². The second-order valence-electron chi connectivity index (χ2n) is 12.9. The van der Waals surface area contributed by atoms with Crippen LogP contribution in [0.4, 0.5) is 36.8 Å². The van der Waals surface area contributed by atoms with Crippen molar-refractivity contribution in [2.24, 2.45) is 22.6 Å². The van der Waals surface area contributed by atoms with Gasteiger partial charge in [-0.2, -0.15) is 26.3 Å². The fraction of sp³-hybridized carbons (Fsp3) is 0.471. The maximum atomic E-state index is 14.1. The number of aliphatic imine (C=N–C) groups is 1. The van der Waals surface area contributed by atoms with E-state index in [2.05, 4.69) is 15.6 Å².